The van der Waals surface area contributed by atoms with Gasteiger partial charge in [-0.15, -0.1) is 0 Å². The largest absolute Gasteiger partial charge is 0.310 e. The Morgan fingerprint density at radius 1 is 0.359 bits per heavy atom. The van der Waals surface area contributed by atoms with Gasteiger partial charge in [-0.3, -0.25) is 0 Å². The molecule has 0 fully saturated rings. The molecule has 0 saturated heterocycles. The van der Waals surface area contributed by atoms with Crippen molar-refractivity contribution in [3.63, 3.8) is 0 Å². The molecule has 0 aliphatic carbocycles. The van der Waals surface area contributed by atoms with Crippen LogP contribution in [0, 0.1) is 0 Å². The third kappa shape index (κ3) is 8.45. The lowest BCUT2D eigenvalue weighted by molar-refractivity contribution is 0.590. The predicted octanol–water partition coefficient (Wildman–Crippen LogP) is 17.5. The first-order chi connectivity index (χ1) is 29.9. The third-order valence-electron chi connectivity index (χ3n) is 13.6. The summed E-state index contributed by atoms with van der Waals surface area (Å²) < 4.78 is 0. The Labute approximate surface area is 387 Å². The topological polar surface area (TPSA) is 6.48 Å². The fraction of sp³-hybridized carbons (Fsp3) is 0.333. The minimum Gasteiger partial charge on any atom is -0.310 e. The van der Waals surface area contributed by atoms with E-state index in [0.717, 1.165) is 0 Å². The molecule has 4 heteroatoms. The van der Waals surface area contributed by atoms with Gasteiger partial charge >= 0.3 is 0 Å². The van der Waals surface area contributed by atoms with Gasteiger partial charge in [0.1, 0.15) is 0 Å². The first-order valence-corrected chi connectivity index (χ1v) is 30.7. The number of rotatable bonds is 10. The van der Waals surface area contributed by atoms with E-state index in [1.54, 1.807) is 0 Å². The zero-order chi connectivity index (χ0) is 46.3. The van der Waals surface area contributed by atoms with E-state index in [9.17, 15) is 0 Å². The smallest absolute Gasteiger partial charge is 0.0775 e. The van der Waals surface area contributed by atoms with E-state index < -0.39 is 16.1 Å². The fourth-order valence-electron chi connectivity index (χ4n) is 9.63. The van der Waals surface area contributed by atoms with Crippen LogP contribution in [-0.2, 0) is 10.8 Å². The molecule has 8 aromatic carbocycles. The van der Waals surface area contributed by atoms with Crippen molar-refractivity contribution in [3.05, 3.63) is 156 Å². The van der Waals surface area contributed by atoms with Crippen molar-refractivity contribution in [2.24, 2.45) is 0 Å². The van der Waals surface area contributed by atoms with Crippen molar-refractivity contribution < 1.29 is 0 Å². The molecule has 0 amide bonds. The monoisotopic (exact) mass is 877 g/mol. The van der Waals surface area contributed by atoms with Gasteiger partial charge in [0.15, 0.2) is 0 Å². The van der Waals surface area contributed by atoms with Gasteiger partial charge in [0, 0.05) is 33.5 Å². The van der Waals surface area contributed by atoms with Crippen LogP contribution in [0.2, 0.25) is 39.3 Å². The Kier molecular flexibility index (Phi) is 11.6. The zero-order valence-corrected chi connectivity index (χ0v) is 43.8. The van der Waals surface area contributed by atoms with Crippen LogP contribution in [0.15, 0.2) is 133 Å². The number of hydrogen-bond donors (Lipinski definition) is 0. The minimum atomic E-state index is -1.51. The summed E-state index contributed by atoms with van der Waals surface area (Å²) in [6, 6.07) is 52.4. The Hall–Kier alpha value is -5.17. The summed E-state index contributed by atoms with van der Waals surface area (Å²) in [4.78, 5) is 5.07. The number of benzene rings is 8. The van der Waals surface area contributed by atoms with Crippen molar-refractivity contribution in [2.75, 3.05) is 9.80 Å². The van der Waals surface area contributed by atoms with E-state index in [-0.39, 0.29) is 10.8 Å². The normalized spacial score (nSPS) is 13.0. The highest BCUT2D eigenvalue weighted by Gasteiger charge is 2.28. The maximum Gasteiger partial charge on any atom is 0.0775 e. The summed E-state index contributed by atoms with van der Waals surface area (Å²) in [6.45, 7) is 37.9. The van der Waals surface area contributed by atoms with Crippen LogP contribution < -0.4 is 20.2 Å². The molecule has 330 valence electrons. The highest BCUT2D eigenvalue weighted by molar-refractivity contribution is 6.89. The molecule has 8 aromatic rings. The lowest BCUT2D eigenvalue weighted by Gasteiger charge is -2.32. The molecule has 0 radical (unpaired) electrons. The number of anilines is 6. The number of nitrogens with zero attached hydrogens (tertiary/aromatic N) is 2. The van der Waals surface area contributed by atoms with Crippen LogP contribution in [0.4, 0.5) is 34.1 Å². The Balaban J connectivity index is 1.47. The van der Waals surface area contributed by atoms with Gasteiger partial charge in [-0.2, -0.15) is 0 Å². The molecule has 0 unspecified atom stereocenters. The predicted molar refractivity (Wildman–Crippen MR) is 291 cm³/mol. The van der Waals surface area contributed by atoms with Gasteiger partial charge in [0.05, 0.1) is 27.5 Å². The summed E-state index contributed by atoms with van der Waals surface area (Å²) in [6.07, 6.45) is 0. The number of hydrogen-bond acceptors (Lipinski definition) is 2. The molecule has 0 aliphatic rings. The van der Waals surface area contributed by atoms with Crippen molar-refractivity contribution in [3.8, 4) is 0 Å². The molecule has 0 N–H and O–H groups in total. The van der Waals surface area contributed by atoms with Crippen molar-refractivity contribution in [1.82, 2.24) is 0 Å². The van der Waals surface area contributed by atoms with Crippen molar-refractivity contribution in [1.29, 1.82) is 0 Å². The minimum absolute atomic E-state index is 0.0604. The molecular weight excluding hydrogens is 805 g/mol. The molecular formula is C60H72N2Si2. The molecule has 0 aliphatic heterocycles. The van der Waals surface area contributed by atoms with Gasteiger partial charge in [-0.25, -0.2) is 0 Å². The Bertz CT molecular complexity index is 2610. The van der Waals surface area contributed by atoms with Crippen LogP contribution in [0.3, 0.4) is 0 Å². The summed E-state index contributed by atoms with van der Waals surface area (Å²) in [5.74, 6) is 0.629. The first kappa shape index (κ1) is 45.4. The highest BCUT2D eigenvalue weighted by Crippen LogP contribution is 2.51. The van der Waals surface area contributed by atoms with E-state index in [0.29, 0.717) is 11.8 Å². The Morgan fingerprint density at radius 3 is 0.875 bits per heavy atom. The second kappa shape index (κ2) is 16.4. The molecule has 0 spiro atoms. The molecule has 8 rings (SSSR count). The van der Waals surface area contributed by atoms with E-state index in [1.807, 2.05) is 0 Å². The van der Waals surface area contributed by atoms with Crippen LogP contribution in [0.25, 0.3) is 32.3 Å². The summed E-state index contributed by atoms with van der Waals surface area (Å²) in [5, 5.41) is 10.9. The van der Waals surface area contributed by atoms with Crippen molar-refractivity contribution >= 4 is 93.0 Å². The quantitative estimate of drug-likeness (QED) is 0.0998. The van der Waals surface area contributed by atoms with Crippen LogP contribution in [0.1, 0.15) is 103 Å². The molecule has 0 heterocycles. The molecule has 0 bridgehead atoms. The van der Waals surface area contributed by atoms with Gasteiger partial charge in [-0.1, -0.05) is 192 Å². The highest BCUT2D eigenvalue weighted by atomic mass is 28.3. The average molecular weight is 877 g/mol. The first-order valence-electron chi connectivity index (χ1n) is 23.7. The average Bonchev–Trinajstić information content (AvgIpc) is 3.22. The molecule has 0 atom stereocenters. The fourth-order valence-corrected chi connectivity index (χ4v) is 12.0. The third-order valence-corrected chi connectivity index (χ3v) is 17.7. The maximum atomic E-state index is 2.53. The lowest BCUT2D eigenvalue weighted by Crippen LogP contribution is -2.37. The van der Waals surface area contributed by atoms with Crippen molar-refractivity contribution in [2.45, 2.75) is 131 Å². The zero-order valence-electron chi connectivity index (χ0n) is 41.8. The van der Waals surface area contributed by atoms with Crippen LogP contribution in [0.5, 0.6) is 0 Å². The SMILES string of the molecule is CC(C)c1cc(N(c2ccc(C(C)(C)C)cc2)c2ccc([Si](C)(C)C)cc2)c2ccc3c(C(C)C)cc(N(c4ccc(C(C)(C)C)cc4)c4ccc([Si](C)(C)C)cc4)c4ccc1c2c34. The van der Waals surface area contributed by atoms with Gasteiger partial charge < -0.3 is 9.80 Å². The van der Waals surface area contributed by atoms with E-state index >= 15 is 0 Å². The summed E-state index contributed by atoms with van der Waals surface area (Å²) >= 11 is 0. The summed E-state index contributed by atoms with van der Waals surface area (Å²) in [5.41, 5.74) is 12.7. The lowest BCUT2D eigenvalue weighted by atomic mass is 9.83. The Morgan fingerprint density at radius 2 is 0.625 bits per heavy atom. The molecule has 0 aromatic heterocycles. The van der Waals surface area contributed by atoms with Crippen LogP contribution >= 0.6 is 0 Å². The van der Waals surface area contributed by atoms with E-state index in [1.165, 1.54) is 99.1 Å². The molecule has 64 heavy (non-hydrogen) atoms. The van der Waals surface area contributed by atoms with E-state index in [4.69, 9.17) is 0 Å². The van der Waals surface area contributed by atoms with Gasteiger partial charge in [0.2, 0.25) is 0 Å². The second-order valence-corrected chi connectivity index (χ2v) is 33.4. The summed E-state index contributed by atoms with van der Waals surface area (Å²) in [7, 11) is -3.02. The van der Waals surface area contributed by atoms with Crippen LogP contribution in [-0.4, -0.2) is 16.1 Å². The molecule has 2 nitrogen and oxygen atoms in total. The molecule has 0 saturated carbocycles. The van der Waals surface area contributed by atoms with E-state index in [2.05, 4.69) is 252 Å². The maximum absolute atomic E-state index is 2.53. The second-order valence-electron chi connectivity index (χ2n) is 23.2. The van der Waals surface area contributed by atoms with Gasteiger partial charge in [-0.05, 0) is 127 Å². The standard InChI is InChI=1S/C60H72N2Si2/c1-39(2)53-37-55(61(43-21-17-41(18-22-43)59(5,6)7)45-25-29-47(30-26-45)63(11,12)13)51-36-34-50-54(40(3)4)38-56(52-35-33-49(53)57(51)58(50)52)62(44-23-19-42(20-24-44)60(8,9)10)46-27-31-48(32-28-46)64(14,15)16/h17-40H,1-16H3. The van der Waals surface area contributed by atoms with Gasteiger partial charge in [0.25, 0.3) is 0 Å².